The minimum atomic E-state index is -0.185. The van der Waals surface area contributed by atoms with Gasteiger partial charge < -0.3 is 5.32 Å². The molecule has 0 radical (unpaired) electrons. The number of nitrogens with one attached hydrogen (secondary N) is 1. The number of rotatable bonds is 3. The molecule has 1 aromatic carbocycles. The highest BCUT2D eigenvalue weighted by atomic mass is 35.5. The summed E-state index contributed by atoms with van der Waals surface area (Å²) in [6, 6.07) is 4.77. The van der Waals surface area contributed by atoms with Gasteiger partial charge in [0.15, 0.2) is 0 Å². The molecule has 3 unspecified atom stereocenters. The Morgan fingerprint density at radius 1 is 1.29 bits per heavy atom. The maximum atomic E-state index is 13.6. The minimum Gasteiger partial charge on any atom is -0.312 e. The Morgan fingerprint density at radius 3 is 2.67 bits per heavy atom. The van der Waals surface area contributed by atoms with Crippen LogP contribution in [0.4, 0.5) is 4.39 Å². The van der Waals surface area contributed by atoms with Gasteiger partial charge in [-0.05, 0) is 81.7 Å². The summed E-state index contributed by atoms with van der Waals surface area (Å²) in [4.78, 5) is 0. The van der Waals surface area contributed by atoms with Gasteiger partial charge in [-0.1, -0.05) is 24.9 Å². The largest absolute Gasteiger partial charge is 0.312 e. The lowest BCUT2D eigenvalue weighted by Gasteiger charge is -2.37. The Kier molecular flexibility index (Phi) is 5.32. The topological polar surface area (TPSA) is 12.0 Å². The first-order chi connectivity index (χ1) is 9.76. The summed E-state index contributed by atoms with van der Waals surface area (Å²) in [7, 11) is 0. The number of hydrogen-bond acceptors (Lipinski definition) is 1. The molecule has 0 aliphatic heterocycles. The third-order valence-corrected chi connectivity index (χ3v) is 4.85. The molecule has 1 fully saturated rings. The van der Waals surface area contributed by atoms with Crippen molar-refractivity contribution in [3.05, 3.63) is 34.6 Å². The summed E-state index contributed by atoms with van der Waals surface area (Å²) in [6.45, 7) is 9.80. The zero-order valence-corrected chi connectivity index (χ0v) is 14.3. The van der Waals surface area contributed by atoms with E-state index < -0.39 is 0 Å². The van der Waals surface area contributed by atoms with E-state index in [1.807, 2.05) is 0 Å². The Hall–Kier alpha value is -0.600. The van der Waals surface area contributed by atoms with E-state index >= 15 is 0 Å². The van der Waals surface area contributed by atoms with Gasteiger partial charge in [-0.15, -0.1) is 0 Å². The van der Waals surface area contributed by atoms with E-state index in [9.17, 15) is 4.39 Å². The highest BCUT2D eigenvalue weighted by Crippen LogP contribution is 2.42. The predicted molar refractivity (Wildman–Crippen MR) is 88.4 cm³/mol. The van der Waals surface area contributed by atoms with Gasteiger partial charge in [0.25, 0.3) is 0 Å². The Balaban J connectivity index is 2.20. The van der Waals surface area contributed by atoms with Crippen LogP contribution in [0.25, 0.3) is 0 Å². The van der Waals surface area contributed by atoms with Gasteiger partial charge in [-0.2, -0.15) is 0 Å². The molecule has 0 saturated heterocycles. The molecule has 0 amide bonds. The maximum Gasteiger partial charge on any atom is 0.123 e. The monoisotopic (exact) mass is 311 g/mol. The quantitative estimate of drug-likeness (QED) is 0.789. The second kappa shape index (κ2) is 6.66. The van der Waals surface area contributed by atoms with Gasteiger partial charge in [-0.3, -0.25) is 0 Å². The molecule has 3 atom stereocenters. The van der Waals surface area contributed by atoms with Crippen LogP contribution < -0.4 is 5.32 Å². The Labute approximate surface area is 133 Å². The van der Waals surface area contributed by atoms with Crippen molar-refractivity contribution in [2.24, 2.45) is 11.8 Å². The van der Waals surface area contributed by atoms with Crippen molar-refractivity contribution in [2.75, 3.05) is 6.54 Å². The van der Waals surface area contributed by atoms with E-state index in [1.54, 1.807) is 12.1 Å². The van der Waals surface area contributed by atoms with Crippen LogP contribution in [0.5, 0.6) is 0 Å². The summed E-state index contributed by atoms with van der Waals surface area (Å²) < 4.78 is 13.6. The first-order valence-corrected chi connectivity index (χ1v) is 8.34. The SMILES string of the molecule is CC1CCC(CNC(C)(C)C)C(c2cc(F)ccc2Cl)C1. The number of halogens is 2. The molecule has 2 rings (SSSR count). The molecular weight excluding hydrogens is 285 g/mol. The van der Waals surface area contributed by atoms with Gasteiger partial charge >= 0.3 is 0 Å². The molecule has 0 heterocycles. The van der Waals surface area contributed by atoms with Crippen molar-refractivity contribution < 1.29 is 4.39 Å². The van der Waals surface area contributed by atoms with Crippen molar-refractivity contribution in [3.63, 3.8) is 0 Å². The fourth-order valence-corrected chi connectivity index (χ4v) is 3.56. The molecule has 1 saturated carbocycles. The molecule has 0 bridgehead atoms. The van der Waals surface area contributed by atoms with E-state index in [0.29, 0.717) is 22.8 Å². The predicted octanol–water partition coefficient (Wildman–Crippen LogP) is 5.39. The average Bonchev–Trinajstić information content (AvgIpc) is 2.39. The molecular formula is C18H27ClFN. The highest BCUT2D eigenvalue weighted by molar-refractivity contribution is 6.31. The van der Waals surface area contributed by atoms with Gasteiger partial charge in [0.2, 0.25) is 0 Å². The standard InChI is InChI=1S/C18H27ClFN/c1-12-5-6-13(11-21-18(2,3)4)15(9-12)16-10-14(20)7-8-17(16)19/h7-8,10,12-13,15,21H,5-6,9,11H2,1-4H3. The van der Waals surface area contributed by atoms with Crippen LogP contribution in [-0.4, -0.2) is 12.1 Å². The van der Waals surface area contributed by atoms with Crippen LogP contribution in [0.1, 0.15) is 58.4 Å². The minimum absolute atomic E-state index is 0.110. The molecule has 1 nitrogen and oxygen atoms in total. The van der Waals surface area contributed by atoms with Crippen LogP contribution in [0.2, 0.25) is 5.02 Å². The second-order valence-electron chi connectivity index (χ2n) is 7.58. The lowest BCUT2D eigenvalue weighted by molar-refractivity contribution is 0.227. The fraction of sp³-hybridized carbons (Fsp3) is 0.667. The molecule has 3 heteroatoms. The van der Waals surface area contributed by atoms with Gasteiger partial charge in [0.1, 0.15) is 5.82 Å². The molecule has 118 valence electrons. The van der Waals surface area contributed by atoms with Crippen molar-refractivity contribution in [1.29, 1.82) is 0 Å². The molecule has 21 heavy (non-hydrogen) atoms. The van der Waals surface area contributed by atoms with Gasteiger partial charge in [0.05, 0.1) is 0 Å². The number of benzene rings is 1. The third kappa shape index (κ3) is 4.69. The third-order valence-electron chi connectivity index (χ3n) is 4.51. The molecule has 1 aliphatic rings. The summed E-state index contributed by atoms with van der Waals surface area (Å²) >= 11 is 6.35. The van der Waals surface area contributed by atoms with Crippen LogP contribution in [0, 0.1) is 17.7 Å². The average molecular weight is 312 g/mol. The van der Waals surface area contributed by atoms with Crippen LogP contribution >= 0.6 is 11.6 Å². The van der Waals surface area contributed by atoms with E-state index in [0.717, 1.165) is 18.5 Å². The summed E-state index contributed by atoms with van der Waals surface area (Å²) in [5.74, 6) is 1.38. The first-order valence-electron chi connectivity index (χ1n) is 7.96. The van der Waals surface area contributed by atoms with Gasteiger partial charge in [0, 0.05) is 10.6 Å². The van der Waals surface area contributed by atoms with Gasteiger partial charge in [-0.25, -0.2) is 4.39 Å². The van der Waals surface area contributed by atoms with E-state index in [1.165, 1.54) is 18.9 Å². The van der Waals surface area contributed by atoms with Crippen molar-refractivity contribution in [2.45, 2.75) is 58.4 Å². The van der Waals surface area contributed by atoms with E-state index in [-0.39, 0.29) is 11.4 Å². The van der Waals surface area contributed by atoms with Crippen molar-refractivity contribution in [3.8, 4) is 0 Å². The zero-order chi connectivity index (χ0) is 15.6. The van der Waals surface area contributed by atoms with Crippen LogP contribution in [-0.2, 0) is 0 Å². The molecule has 0 spiro atoms. The van der Waals surface area contributed by atoms with E-state index in [4.69, 9.17) is 11.6 Å². The van der Waals surface area contributed by atoms with E-state index in [2.05, 4.69) is 33.0 Å². The fourth-order valence-electron chi connectivity index (χ4n) is 3.30. The highest BCUT2D eigenvalue weighted by Gasteiger charge is 2.31. The number of hydrogen-bond donors (Lipinski definition) is 1. The van der Waals surface area contributed by atoms with Crippen molar-refractivity contribution >= 4 is 11.6 Å². The summed E-state index contributed by atoms with van der Waals surface area (Å²) in [5.41, 5.74) is 1.10. The molecule has 1 aliphatic carbocycles. The molecule has 1 N–H and O–H groups in total. The van der Waals surface area contributed by atoms with Crippen LogP contribution in [0.3, 0.4) is 0 Å². The zero-order valence-electron chi connectivity index (χ0n) is 13.5. The molecule has 0 aromatic heterocycles. The smallest absolute Gasteiger partial charge is 0.123 e. The summed E-state index contributed by atoms with van der Waals surface area (Å²) in [5, 5.41) is 4.31. The maximum absolute atomic E-state index is 13.6. The second-order valence-corrected chi connectivity index (χ2v) is 7.99. The Bertz CT molecular complexity index is 481. The normalized spacial score (nSPS) is 26.9. The van der Waals surface area contributed by atoms with Crippen molar-refractivity contribution in [1.82, 2.24) is 5.32 Å². The summed E-state index contributed by atoms with van der Waals surface area (Å²) in [6.07, 6.45) is 3.53. The first kappa shape index (κ1) is 16.8. The van der Waals surface area contributed by atoms with Crippen LogP contribution in [0.15, 0.2) is 18.2 Å². The lowest BCUT2D eigenvalue weighted by atomic mass is 9.71. The Morgan fingerprint density at radius 2 is 2.00 bits per heavy atom. The lowest BCUT2D eigenvalue weighted by Crippen LogP contribution is -2.41. The molecule has 1 aromatic rings.